The molecule has 1 atom stereocenters. The fourth-order valence-electron chi connectivity index (χ4n) is 1.74. The first-order chi connectivity index (χ1) is 10.0. The fraction of sp³-hybridized carbons (Fsp3) is 0.133. The van der Waals surface area contributed by atoms with E-state index in [2.05, 4.69) is 4.74 Å². The van der Waals surface area contributed by atoms with E-state index in [1.54, 1.807) is 12.1 Å². The second-order valence-corrected chi connectivity index (χ2v) is 5.67. The van der Waals surface area contributed by atoms with Crippen LogP contribution in [0.25, 0.3) is 0 Å². The van der Waals surface area contributed by atoms with Gasteiger partial charge in [-0.3, -0.25) is 4.21 Å². The molecular formula is C15H12F2O3S. The molecule has 21 heavy (non-hydrogen) atoms. The summed E-state index contributed by atoms with van der Waals surface area (Å²) in [7, 11) is -0.431. The number of esters is 1. The summed E-state index contributed by atoms with van der Waals surface area (Å²) in [4.78, 5) is 11.1. The van der Waals surface area contributed by atoms with Gasteiger partial charge in [0, 0.05) is 0 Å². The minimum absolute atomic E-state index is 0.0296. The molecule has 0 saturated carbocycles. The fourth-order valence-corrected chi connectivity index (χ4v) is 2.92. The van der Waals surface area contributed by atoms with Crippen molar-refractivity contribution in [2.75, 3.05) is 7.11 Å². The van der Waals surface area contributed by atoms with Crippen LogP contribution in [-0.4, -0.2) is 17.3 Å². The summed E-state index contributed by atoms with van der Waals surface area (Å²) in [6, 6.07) is 9.10. The van der Waals surface area contributed by atoms with Gasteiger partial charge in [0.25, 0.3) is 0 Å². The monoisotopic (exact) mass is 310 g/mol. The molecule has 0 saturated heterocycles. The van der Waals surface area contributed by atoms with E-state index >= 15 is 0 Å². The molecule has 0 aliphatic carbocycles. The molecule has 0 aromatic heterocycles. The van der Waals surface area contributed by atoms with Gasteiger partial charge in [0.15, 0.2) is 0 Å². The van der Waals surface area contributed by atoms with Crippen molar-refractivity contribution in [2.45, 2.75) is 10.6 Å². The summed E-state index contributed by atoms with van der Waals surface area (Å²) in [5, 5.41) is 0. The van der Waals surface area contributed by atoms with Crippen molar-refractivity contribution in [3.05, 3.63) is 65.2 Å². The Kier molecular flexibility index (Phi) is 4.80. The van der Waals surface area contributed by atoms with Crippen LogP contribution in [0.1, 0.15) is 15.9 Å². The van der Waals surface area contributed by atoms with Crippen LogP contribution in [-0.2, 0) is 21.3 Å². The second kappa shape index (κ2) is 6.58. The number of halogens is 2. The number of ether oxygens (including phenoxy) is 1. The third kappa shape index (κ3) is 3.72. The smallest absolute Gasteiger partial charge is 0.337 e. The first kappa shape index (κ1) is 15.3. The zero-order valence-corrected chi connectivity index (χ0v) is 12.0. The van der Waals surface area contributed by atoms with E-state index in [0.29, 0.717) is 11.1 Å². The predicted octanol–water partition coefficient (Wildman–Crippen LogP) is 3.06. The van der Waals surface area contributed by atoms with E-state index in [1.807, 2.05) is 0 Å². The Morgan fingerprint density at radius 3 is 2.43 bits per heavy atom. The van der Waals surface area contributed by atoms with Crippen LogP contribution in [0.2, 0.25) is 0 Å². The van der Waals surface area contributed by atoms with Gasteiger partial charge in [0.05, 0.1) is 34.1 Å². The van der Waals surface area contributed by atoms with Gasteiger partial charge in [-0.1, -0.05) is 12.1 Å². The highest BCUT2D eigenvalue weighted by atomic mass is 32.2. The highest BCUT2D eigenvalue weighted by Gasteiger charge is 2.12. The normalized spacial score (nSPS) is 12.0. The molecule has 0 heterocycles. The van der Waals surface area contributed by atoms with Gasteiger partial charge in [0.2, 0.25) is 0 Å². The molecule has 0 radical (unpaired) electrons. The zero-order chi connectivity index (χ0) is 15.4. The van der Waals surface area contributed by atoms with E-state index in [1.165, 1.54) is 19.2 Å². The van der Waals surface area contributed by atoms with Crippen molar-refractivity contribution in [3.8, 4) is 0 Å². The molecule has 0 spiro atoms. The largest absolute Gasteiger partial charge is 0.465 e. The quantitative estimate of drug-likeness (QED) is 0.815. The topological polar surface area (TPSA) is 43.4 Å². The summed E-state index contributed by atoms with van der Waals surface area (Å²) in [6.07, 6.45) is 0. The molecule has 0 aliphatic heterocycles. The Bertz CT molecular complexity index is 684. The maximum atomic E-state index is 13.5. The van der Waals surface area contributed by atoms with E-state index in [-0.39, 0.29) is 10.6 Å². The van der Waals surface area contributed by atoms with Gasteiger partial charge < -0.3 is 4.74 Å². The first-order valence-corrected chi connectivity index (χ1v) is 7.34. The van der Waals surface area contributed by atoms with Crippen molar-refractivity contribution in [1.29, 1.82) is 0 Å². The number of hydrogen-bond acceptors (Lipinski definition) is 3. The molecule has 0 amide bonds. The van der Waals surface area contributed by atoms with Crippen LogP contribution in [0, 0.1) is 11.6 Å². The lowest BCUT2D eigenvalue weighted by Gasteiger charge is -2.05. The van der Waals surface area contributed by atoms with Gasteiger partial charge in [-0.15, -0.1) is 0 Å². The first-order valence-electron chi connectivity index (χ1n) is 6.02. The van der Waals surface area contributed by atoms with Crippen molar-refractivity contribution < 1.29 is 22.5 Å². The predicted molar refractivity (Wildman–Crippen MR) is 74.3 cm³/mol. The molecule has 1 unspecified atom stereocenters. The van der Waals surface area contributed by atoms with Crippen LogP contribution in [0.15, 0.2) is 47.4 Å². The number of benzene rings is 2. The lowest BCUT2D eigenvalue weighted by molar-refractivity contribution is 0.0600. The number of carbonyl (C=O) groups excluding carboxylic acids is 1. The maximum absolute atomic E-state index is 13.5. The van der Waals surface area contributed by atoms with Crippen molar-refractivity contribution in [3.63, 3.8) is 0 Å². The Hall–Kier alpha value is -2.08. The summed E-state index contributed by atoms with van der Waals surface area (Å²) >= 11 is 0. The summed E-state index contributed by atoms with van der Waals surface area (Å²) in [5.41, 5.74) is 1.01. The van der Waals surface area contributed by atoms with Gasteiger partial charge in [0.1, 0.15) is 11.6 Å². The minimum Gasteiger partial charge on any atom is -0.465 e. The minimum atomic E-state index is -1.71. The molecular weight excluding hydrogens is 298 g/mol. The van der Waals surface area contributed by atoms with Crippen molar-refractivity contribution in [2.24, 2.45) is 0 Å². The zero-order valence-electron chi connectivity index (χ0n) is 11.1. The van der Waals surface area contributed by atoms with Crippen LogP contribution in [0.4, 0.5) is 8.78 Å². The summed E-state index contributed by atoms with van der Waals surface area (Å²) in [6.45, 7) is 0. The van der Waals surface area contributed by atoms with E-state index < -0.39 is 28.4 Å². The molecule has 3 nitrogen and oxygen atoms in total. The van der Waals surface area contributed by atoms with Crippen LogP contribution in [0.3, 0.4) is 0 Å². The van der Waals surface area contributed by atoms with Crippen LogP contribution < -0.4 is 0 Å². The van der Waals surface area contributed by atoms with Gasteiger partial charge in [-0.25, -0.2) is 13.6 Å². The molecule has 0 aliphatic rings. The molecule has 2 aromatic carbocycles. The molecule has 2 aromatic rings. The van der Waals surface area contributed by atoms with E-state index in [4.69, 9.17) is 0 Å². The third-order valence-corrected chi connectivity index (χ3v) is 4.21. The van der Waals surface area contributed by atoms with Crippen LogP contribution >= 0.6 is 0 Å². The third-order valence-electron chi connectivity index (χ3n) is 2.81. The van der Waals surface area contributed by atoms with Gasteiger partial charge >= 0.3 is 5.97 Å². The van der Waals surface area contributed by atoms with Crippen molar-refractivity contribution >= 4 is 16.8 Å². The number of hydrogen-bond donors (Lipinski definition) is 0. The highest BCUT2D eigenvalue weighted by Crippen LogP contribution is 2.18. The number of methoxy groups -OCH3 is 1. The van der Waals surface area contributed by atoms with Crippen LogP contribution in [0.5, 0.6) is 0 Å². The SMILES string of the molecule is COC(=O)c1ccc(CS(=O)c2cc(F)ccc2F)cc1. The van der Waals surface area contributed by atoms with E-state index in [0.717, 1.165) is 18.2 Å². The van der Waals surface area contributed by atoms with Crippen molar-refractivity contribution in [1.82, 2.24) is 0 Å². The average molecular weight is 310 g/mol. The maximum Gasteiger partial charge on any atom is 0.337 e. The molecule has 0 bridgehead atoms. The Labute approximate surface area is 123 Å². The molecule has 0 fully saturated rings. The Morgan fingerprint density at radius 2 is 1.81 bits per heavy atom. The molecule has 0 N–H and O–H groups in total. The summed E-state index contributed by atoms with van der Waals surface area (Å²) < 4.78 is 43.2. The number of rotatable bonds is 4. The molecule has 110 valence electrons. The molecule has 6 heteroatoms. The lowest BCUT2D eigenvalue weighted by atomic mass is 10.1. The Morgan fingerprint density at radius 1 is 1.14 bits per heavy atom. The highest BCUT2D eigenvalue weighted by molar-refractivity contribution is 7.84. The standard InChI is InChI=1S/C15H12F2O3S/c1-20-15(18)11-4-2-10(3-5-11)9-21(19)14-8-12(16)6-7-13(14)17/h2-8H,9H2,1H3. The van der Waals surface area contributed by atoms with Gasteiger partial charge in [-0.2, -0.15) is 0 Å². The van der Waals surface area contributed by atoms with E-state index in [9.17, 15) is 17.8 Å². The lowest BCUT2D eigenvalue weighted by Crippen LogP contribution is -2.03. The van der Waals surface area contributed by atoms with Gasteiger partial charge in [-0.05, 0) is 35.9 Å². The number of carbonyl (C=O) groups is 1. The second-order valence-electron chi connectivity index (χ2n) is 4.25. The average Bonchev–Trinajstić information content (AvgIpc) is 2.49. The summed E-state index contributed by atoms with van der Waals surface area (Å²) in [5.74, 6) is -1.79. The Balaban J connectivity index is 2.16. The molecule has 2 rings (SSSR count).